The van der Waals surface area contributed by atoms with Crippen molar-refractivity contribution < 1.29 is 0 Å². The van der Waals surface area contributed by atoms with Crippen LogP contribution in [0, 0.1) is 0 Å². The second-order valence-electron chi connectivity index (χ2n) is 0. The summed E-state index contributed by atoms with van der Waals surface area (Å²) in [5.74, 6) is 0. The highest BCUT2D eigenvalue weighted by molar-refractivity contribution is 6.92. The minimum absolute atomic E-state index is 0. The summed E-state index contributed by atoms with van der Waals surface area (Å²) >= 11 is 0. The van der Waals surface area contributed by atoms with Crippen molar-refractivity contribution in [1.82, 2.24) is 0 Å². The van der Waals surface area contributed by atoms with E-state index < -0.39 is 0 Å². The molecule has 1 atom stereocenters. The van der Waals surface area contributed by atoms with E-state index in [1.54, 1.807) is 0 Å². The highest BCUT2D eigenvalue weighted by atomic mass is 31.0. The van der Waals surface area contributed by atoms with Crippen LogP contribution in [0.1, 0.15) is 245 Å². The van der Waals surface area contributed by atoms with Crippen LogP contribution in [-0.2, 0) is 0 Å². The maximum Gasteiger partial charge on any atom is -0.0776 e. The van der Waals surface area contributed by atoms with Crippen LogP contribution in [0.2, 0.25) is 0 Å². The summed E-state index contributed by atoms with van der Waals surface area (Å²) in [4.78, 5) is 0. The van der Waals surface area contributed by atoms with Gasteiger partial charge in [-0.05, 0) is 0 Å². The predicted molar refractivity (Wildman–Crippen MR) is 233 cm³/mol. The van der Waals surface area contributed by atoms with Crippen molar-refractivity contribution in [3.05, 3.63) is 0 Å². The van der Waals surface area contributed by atoms with E-state index in [-0.39, 0.29) is 255 Å². The second-order valence-corrected chi connectivity index (χ2v) is 0. The molecule has 0 N–H and O–H groups in total. The smallest absolute Gasteiger partial charge is 0.0776 e. The van der Waals surface area contributed by atoms with Crippen molar-refractivity contribution in [3.8, 4) is 0 Å². The van der Waals surface area contributed by atoms with Crippen molar-refractivity contribution in [3.63, 3.8) is 0 Å². The Morgan fingerprint density at radius 3 is 0.0588 bits per heavy atom. The normalized spacial score (nSPS) is 0. The Labute approximate surface area is 254 Å². The second kappa shape index (κ2) is 190000. The molecule has 0 aliphatic carbocycles. The maximum absolute atomic E-state index is 0. The molecule has 0 heterocycles. The summed E-state index contributed by atoms with van der Waals surface area (Å²) in [6.45, 7) is 0. The van der Waals surface area contributed by atoms with Crippen molar-refractivity contribution in [2.24, 2.45) is 0 Å². The molecule has 1 unspecified atom stereocenters. The zero-order valence-corrected chi connectivity index (χ0v) is 2.12. The van der Waals surface area contributed by atoms with E-state index in [0.29, 0.717) is 0 Å². The third-order valence-electron chi connectivity index (χ3n) is 0. The lowest BCUT2D eigenvalue weighted by molar-refractivity contribution is 2.50. The van der Waals surface area contributed by atoms with Gasteiger partial charge in [0.2, 0.25) is 0 Å². The minimum atomic E-state index is 0. The summed E-state index contributed by atoms with van der Waals surface area (Å²) in [5.41, 5.74) is 0. The summed E-state index contributed by atoms with van der Waals surface area (Å²) in [7, 11) is 0. The third kappa shape index (κ3) is 173000. The number of hydrogen-bond donors (Lipinski definition) is 0. The SMILES string of the molecule is C.C.C.C.C.C.C.C.C.C.C.C.C.C.C.C.C.C.C.C.C.C.C.C.C.C.C.C.C.C.C.C.C.P. The highest BCUT2D eigenvalue weighted by Gasteiger charge is -0.0453. The summed E-state index contributed by atoms with van der Waals surface area (Å²) in [6, 6.07) is 0. The van der Waals surface area contributed by atoms with Crippen LogP contribution in [-0.4, -0.2) is 0 Å². The van der Waals surface area contributed by atoms with Crippen LogP contribution in [0.25, 0.3) is 0 Å². The molecule has 0 aliphatic rings. The van der Waals surface area contributed by atoms with E-state index in [2.05, 4.69) is 0 Å². The Morgan fingerprint density at radius 1 is 0.0588 bits per heavy atom. The first-order valence-corrected chi connectivity index (χ1v) is 0. The molecule has 0 saturated carbocycles. The van der Waals surface area contributed by atoms with Gasteiger partial charge in [0, 0.05) is 0 Å². The van der Waals surface area contributed by atoms with E-state index >= 15 is 0 Å². The fourth-order valence-corrected chi connectivity index (χ4v) is 0. The fourth-order valence-electron chi connectivity index (χ4n) is 0. The van der Waals surface area contributed by atoms with Crippen molar-refractivity contribution in [2.45, 2.75) is 245 Å². The molecule has 0 aromatic rings. The predicted octanol–water partition coefficient (Wildman–Crippen LogP) is 21.0. The number of hydrogen-bond acceptors (Lipinski definition) is 0. The molecule has 0 rings (SSSR count). The van der Waals surface area contributed by atoms with Crippen molar-refractivity contribution in [2.75, 3.05) is 0 Å². The molecule has 0 bridgehead atoms. The van der Waals surface area contributed by atoms with E-state index in [0.717, 1.165) is 0 Å². The molecule has 0 aromatic carbocycles. The summed E-state index contributed by atoms with van der Waals surface area (Å²) in [6.07, 6.45) is 0. The van der Waals surface area contributed by atoms with Gasteiger partial charge in [0.05, 0.1) is 0 Å². The van der Waals surface area contributed by atoms with Crippen LogP contribution in [0.4, 0.5) is 0 Å². The number of rotatable bonds is 0. The van der Waals surface area contributed by atoms with Crippen molar-refractivity contribution >= 4 is 9.90 Å². The fraction of sp³-hybridized carbons (Fsp3) is 1.00. The van der Waals surface area contributed by atoms with Crippen LogP contribution >= 0.6 is 9.90 Å². The third-order valence-corrected chi connectivity index (χ3v) is 0. The minimum Gasteiger partial charge on any atom is -0.153 e. The Hall–Kier alpha value is 0.430. The van der Waals surface area contributed by atoms with Crippen LogP contribution < -0.4 is 0 Å². The van der Waals surface area contributed by atoms with E-state index in [4.69, 9.17) is 0 Å². The van der Waals surface area contributed by atoms with Gasteiger partial charge in [0.25, 0.3) is 0 Å². The highest BCUT2D eigenvalue weighted by Crippen LogP contribution is 0.861. The van der Waals surface area contributed by atoms with E-state index in [1.165, 1.54) is 0 Å². The van der Waals surface area contributed by atoms with Gasteiger partial charge in [0.1, 0.15) is 0 Å². The molecular formula is C33H135P. The standard InChI is InChI=1S/33CH4.H3P/h33*1H4;1H3. The lowest BCUT2D eigenvalue weighted by Crippen LogP contribution is 0.143. The van der Waals surface area contributed by atoms with Gasteiger partial charge in [-0.1, -0.05) is 245 Å². The molecule has 272 valence electrons. The molecular weight excluding hydrogens is 427 g/mol. The first-order chi connectivity index (χ1) is 0. The Bertz CT molecular complexity index is 6.51. The average Bonchev–Trinajstić information content (AvgIpc) is 0. The van der Waals surface area contributed by atoms with E-state index in [1.807, 2.05) is 0 Å². The van der Waals surface area contributed by atoms with Crippen molar-refractivity contribution in [1.29, 1.82) is 0 Å². The van der Waals surface area contributed by atoms with Gasteiger partial charge in [0.15, 0.2) is 0 Å². The summed E-state index contributed by atoms with van der Waals surface area (Å²) in [5, 5.41) is 0. The van der Waals surface area contributed by atoms with Gasteiger partial charge in [-0.15, -0.1) is 0 Å². The Balaban J connectivity index is 0. The van der Waals surface area contributed by atoms with Gasteiger partial charge in [-0.25, -0.2) is 0 Å². The molecule has 34 heavy (non-hydrogen) atoms. The van der Waals surface area contributed by atoms with E-state index in [9.17, 15) is 0 Å². The quantitative estimate of drug-likeness (QED) is 0.257. The zero-order chi connectivity index (χ0) is 0. The Kier molecular flexibility index (Phi) is 1160000000. The zero-order valence-electron chi connectivity index (χ0n) is 0.707. The first-order valence-electron chi connectivity index (χ1n) is 0. The monoisotopic (exact) mass is 563 g/mol. The van der Waals surface area contributed by atoms with Crippen LogP contribution in [0.5, 0.6) is 0 Å². The molecule has 0 spiro atoms. The van der Waals surface area contributed by atoms with Gasteiger partial charge < -0.3 is 0 Å². The lowest BCUT2D eigenvalue weighted by atomic mass is 12.0. The van der Waals surface area contributed by atoms with Gasteiger partial charge in [-0.2, -0.15) is 9.90 Å². The molecule has 0 aliphatic heterocycles. The molecule has 0 fully saturated rings. The molecule has 0 nitrogen and oxygen atoms in total. The average molecular weight is 563 g/mol. The molecule has 0 amide bonds. The first kappa shape index (κ1) is 208000. The maximum atomic E-state index is 0. The van der Waals surface area contributed by atoms with Crippen LogP contribution in [0.3, 0.4) is 0 Å². The Morgan fingerprint density at radius 2 is 0.0588 bits per heavy atom. The van der Waals surface area contributed by atoms with Gasteiger partial charge in [-0.3, -0.25) is 0 Å². The molecule has 1 heteroatoms. The molecule has 0 aromatic heterocycles. The lowest BCUT2D eigenvalue weighted by Gasteiger charge is -0.154. The van der Waals surface area contributed by atoms with Gasteiger partial charge >= 0.3 is 0 Å². The largest absolute Gasteiger partial charge is 0.153 e. The molecule has 0 saturated heterocycles. The molecule has 0 radical (unpaired) electrons. The topological polar surface area (TPSA) is 0 Å². The van der Waals surface area contributed by atoms with Crippen LogP contribution in [0.15, 0.2) is 0 Å². The summed E-state index contributed by atoms with van der Waals surface area (Å²) < 4.78 is 0.